The zero-order valence-corrected chi connectivity index (χ0v) is 79.9. The van der Waals surface area contributed by atoms with Gasteiger partial charge in [-0.2, -0.15) is 0 Å². The molecule has 0 aromatic heterocycles. The van der Waals surface area contributed by atoms with Crippen molar-refractivity contribution >= 4 is 11.9 Å². The largest absolute Gasteiger partial charge is 0.507 e. The minimum atomic E-state index is -0.466. The highest BCUT2D eigenvalue weighted by molar-refractivity contribution is 5.71. The van der Waals surface area contributed by atoms with E-state index in [2.05, 4.69) is 324 Å². The molecule has 0 aliphatic carbocycles. The number of aromatic hydroxyl groups is 5. The number of rotatable bonds is 13. The maximum Gasteiger partial charge on any atom is 0.320 e. The van der Waals surface area contributed by atoms with Crippen LogP contribution >= 0.6 is 0 Å². The Morgan fingerprint density at radius 2 is 0.475 bits per heavy atom. The molecule has 674 valence electrons. The third-order valence-corrected chi connectivity index (χ3v) is 20.9. The lowest BCUT2D eigenvalue weighted by molar-refractivity contribution is -0.146. The molecule has 6 aromatic rings. The maximum absolute atomic E-state index is 12.1. The van der Waals surface area contributed by atoms with Crippen molar-refractivity contribution in [2.75, 3.05) is 6.61 Å². The first-order chi connectivity index (χ1) is 54.6. The predicted octanol–water partition coefficient (Wildman–Crippen LogP) is 28.3. The van der Waals surface area contributed by atoms with Crippen molar-refractivity contribution in [2.45, 2.75) is 348 Å². The van der Waals surface area contributed by atoms with Gasteiger partial charge in [0.15, 0.2) is 0 Å². The van der Waals surface area contributed by atoms with E-state index in [4.69, 9.17) is 15.9 Å². The van der Waals surface area contributed by atoms with Crippen molar-refractivity contribution in [3.05, 3.63) is 177 Å². The smallest absolute Gasteiger partial charge is 0.320 e. The fourth-order valence-corrected chi connectivity index (χ4v) is 14.0. The second-order valence-electron chi connectivity index (χ2n) is 43.4. The van der Waals surface area contributed by atoms with Crippen LogP contribution in [0.4, 0.5) is 0 Å². The summed E-state index contributed by atoms with van der Waals surface area (Å²) in [4.78, 5) is 24.1. The van der Waals surface area contributed by atoms with E-state index in [9.17, 15) is 35.1 Å². The van der Waals surface area contributed by atoms with Crippen molar-refractivity contribution < 1.29 is 70.3 Å². The van der Waals surface area contributed by atoms with Crippen molar-refractivity contribution in [1.29, 1.82) is 0 Å². The molecule has 0 radical (unpaired) electrons. The summed E-state index contributed by atoms with van der Waals surface area (Å²) in [6.45, 7) is 77.6. The number of esters is 2. The molecule has 0 saturated carbocycles. The molecular formula is C111H176O9. The van der Waals surface area contributed by atoms with Gasteiger partial charge in [0.25, 0.3) is 0 Å². The molecule has 6 rings (SSSR count). The van der Waals surface area contributed by atoms with Crippen LogP contribution in [0.1, 0.15) is 384 Å². The molecule has 0 atom stereocenters. The predicted molar refractivity (Wildman–Crippen MR) is 539 cm³/mol. The van der Waals surface area contributed by atoms with Crippen LogP contribution in [0, 0.1) is 133 Å². The summed E-state index contributed by atoms with van der Waals surface area (Å²) in [5.74, 6) is 40.3. The minimum Gasteiger partial charge on any atom is -0.507 e. The Balaban J connectivity index is -0.000000127. The molecular weight excluding hydrogens is 1480 g/mol. The summed E-state index contributed by atoms with van der Waals surface area (Å²) < 4.78 is 10.3. The number of carbonyl (C=O) groups is 2. The van der Waals surface area contributed by atoms with Gasteiger partial charge in [-0.3, -0.25) is 9.59 Å². The summed E-state index contributed by atoms with van der Waals surface area (Å²) in [7, 11) is 0. The molecule has 0 spiro atoms. The third-order valence-electron chi connectivity index (χ3n) is 20.9. The second-order valence-corrected chi connectivity index (χ2v) is 43.4. The quantitative estimate of drug-likeness (QED) is 0.0562. The van der Waals surface area contributed by atoms with E-state index >= 15 is 0 Å². The van der Waals surface area contributed by atoms with Crippen molar-refractivity contribution in [3.8, 4) is 136 Å². The van der Waals surface area contributed by atoms with Gasteiger partial charge < -0.3 is 35.0 Å². The van der Waals surface area contributed by atoms with Crippen LogP contribution in [-0.2, 0) is 105 Å². The van der Waals surface area contributed by atoms with Crippen molar-refractivity contribution in [1.82, 2.24) is 0 Å². The highest BCUT2D eigenvalue weighted by Crippen LogP contribution is 2.47. The van der Waals surface area contributed by atoms with E-state index < -0.39 is 5.97 Å². The molecule has 9 nitrogen and oxygen atoms in total. The number of aryl methyl sites for hydroxylation is 2. The van der Waals surface area contributed by atoms with E-state index in [1.54, 1.807) is 0 Å². The summed E-state index contributed by atoms with van der Waals surface area (Å²) in [6.07, 6.45) is 11.0. The Morgan fingerprint density at radius 1 is 0.292 bits per heavy atom. The van der Waals surface area contributed by atoms with Crippen LogP contribution in [0.3, 0.4) is 0 Å². The van der Waals surface area contributed by atoms with Crippen LogP contribution < -0.4 is 0 Å². The van der Waals surface area contributed by atoms with Crippen LogP contribution in [-0.4, -0.2) is 44.1 Å². The number of ether oxygens (including phenoxy) is 2. The number of terminal acetylenes is 1. The first-order valence-electron chi connectivity index (χ1n) is 41.9. The van der Waals surface area contributed by atoms with E-state index in [-0.39, 0.29) is 97.6 Å². The van der Waals surface area contributed by atoms with Gasteiger partial charge in [0.2, 0.25) is 0 Å². The number of carbonyl (C=O) groups excluding carboxylic acids is 2. The Labute approximate surface area is 752 Å². The van der Waals surface area contributed by atoms with Crippen LogP contribution in [0.5, 0.6) is 28.7 Å². The molecule has 0 bridgehead atoms. The van der Waals surface area contributed by atoms with Crippen molar-refractivity contribution in [3.63, 3.8) is 0 Å². The highest BCUT2D eigenvalue weighted by atomic mass is 16.5. The van der Waals surface area contributed by atoms with Crippen LogP contribution in [0.2, 0.25) is 0 Å². The molecule has 120 heavy (non-hydrogen) atoms. The zero-order chi connectivity index (χ0) is 91.8. The molecule has 0 unspecified atom stereocenters. The Kier molecular flexibility index (Phi) is 34.0. The molecule has 9 heteroatoms. The third kappa shape index (κ3) is 30.2. The molecule has 0 fully saturated rings. The van der Waals surface area contributed by atoms with Crippen LogP contribution in [0.15, 0.2) is 60.7 Å². The van der Waals surface area contributed by atoms with Gasteiger partial charge in [-0.1, -0.05) is 289 Å². The van der Waals surface area contributed by atoms with E-state index in [0.717, 1.165) is 86.0 Å². The van der Waals surface area contributed by atoms with Gasteiger partial charge in [-0.25, -0.2) is 0 Å². The van der Waals surface area contributed by atoms with Gasteiger partial charge in [-0.15, -0.1) is 6.42 Å². The lowest BCUT2D eigenvalue weighted by atomic mass is 9.75. The van der Waals surface area contributed by atoms with Gasteiger partial charge in [0, 0.05) is 79.5 Å². The first-order valence-corrected chi connectivity index (χ1v) is 41.9. The van der Waals surface area contributed by atoms with Crippen LogP contribution in [0.25, 0.3) is 0 Å². The molecule has 0 heterocycles. The monoisotopic (exact) mass is 1650 g/mol. The molecule has 0 aliphatic heterocycles. The number of hydrogen-bond acceptors (Lipinski definition) is 9. The topological polar surface area (TPSA) is 154 Å². The van der Waals surface area contributed by atoms with E-state index in [0.29, 0.717) is 54.6 Å². The summed E-state index contributed by atoms with van der Waals surface area (Å²) in [6, 6.07) is 21.4. The first kappa shape index (κ1) is 102. The summed E-state index contributed by atoms with van der Waals surface area (Å²) in [5.41, 5.74) is 20.8. The van der Waals surface area contributed by atoms with Crippen molar-refractivity contribution in [2.24, 2.45) is 5.41 Å². The van der Waals surface area contributed by atoms with Gasteiger partial charge >= 0.3 is 11.9 Å². The highest BCUT2D eigenvalue weighted by Gasteiger charge is 2.34. The minimum absolute atomic E-state index is 0. The fourth-order valence-electron chi connectivity index (χ4n) is 14.0. The summed E-state index contributed by atoms with van der Waals surface area (Å²) >= 11 is 0. The lowest BCUT2D eigenvalue weighted by Gasteiger charge is -2.30. The van der Waals surface area contributed by atoms with Gasteiger partial charge in [0.1, 0.15) is 34.9 Å². The Bertz CT molecular complexity index is 5010. The SMILES string of the molecule is C#CC#CC#CC#CC#CC#CC#CC#CC#COC(=O)CCc1cc(C(C)(C)C)c(O)c(C(C)(C)C)c1.CC(C)(C)COC(=O)CCc1cc(C(C)(C)C)c(O)c(C(C)(C)C)c1.Cc1c(Cc2cc(C(C)(C)C)c(O)c(C(C)(C)C)c2)c(C)c(Cc2cc(C(C)(C)C)c(O)c(C(C)(C)C)c2)c(C)c1Cc1cc(C(C)(C)C)c(O)c(C(C)(C)C)c1.[HH].[HH].[HH].[HH].[HH].[HH].[HH].[HH].[HH].[HH].[HH].[HH].[HH].[HH].[HH].[HH].[HH].[HH]. The lowest BCUT2D eigenvalue weighted by Crippen LogP contribution is -2.19. The fraction of sp³-hybridized carbons (Fsp3) is 0.495. The Morgan fingerprint density at radius 3 is 0.667 bits per heavy atom. The van der Waals surface area contributed by atoms with E-state index in [1.165, 1.54) is 50.1 Å². The molecule has 6 aromatic carbocycles. The molecule has 0 saturated heterocycles. The average molecular weight is 1650 g/mol. The van der Waals surface area contributed by atoms with Gasteiger partial charge in [-0.05, 0) is 277 Å². The Hall–Kier alpha value is -10.7. The average Bonchev–Trinajstić information content (AvgIpc) is 0.757. The van der Waals surface area contributed by atoms with Gasteiger partial charge in [0.05, 0.1) is 13.0 Å². The zero-order valence-electron chi connectivity index (χ0n) is 79.9. The standard InChI is InChI=1S/C54H78O3.C35H26O3.C22H36O3.18H2/c1-31-37(22-34-25-40(49(4,5)6)46(55)41(26-34)50(7,8)9)32(2)39(24-36-29-44(53(16,17)18)48(57)45(30-36)54(19,20)21)33(3)38(31)23-35-27-42(51(10,11)12)47(56)43(28-35)52(13,14)15;1-8-9-10-11-12-13-14-15-16-17-18-19-20-21-22-23-26-38-32(36)25-24-29-27-30(34(2,3)4)33(37)31(28-29)35(5,6)7;1-20(2,3)14-25-18(23)11-10-15-12-16(21(4,5)6)19(24)17(13-15)22(7,8)9;;;;;;;;;;;;;;;;;;/h25-30,55-57H,22-24H2,1-21H3;1,27-28,37H,24-25H2,2-7H3;12-13,24H,10-11,14H2,1-9H3;18*1H. The molecule has 0 aliphatic rings. The number of benzene rings is 6. The maximum atomic E-state index is 12.1. The number of phenolic OH excluding ortho intramolecular Hbond substituents is 5. The second kappa shape index (κ2) is 40.1. The molecule has 5 N–H and O–H groups in total. The number of phenols is 5. The van der Waals surface area contributed by atoms with E-state index in [1.807, 2.05) is 86.6 Å². The normalized spacial score (nSPS) is 11.8. The summed E-state index contributed by atoms with van der Waals surface area (Å²) in [5, 5.41) is 56.5. The number of hydrogen-bond donors (Lipinski definition) is 5. The molecule has 0 amide bonds.